The van der Waals surface area contributed by atoms with E-state index in [-0.39, 0.29) is 30.6 Å². The van der Waals surface area contributed by atoms with Gasteiger partial charge in [-0.3, -0.25) is 11.3 Å². The first kappa shape index (κ1) is 16.1. The molecule has 21 heavy (non-hydrogen) atoms. The Balaban J connectivity index is 2.01. The summed E-state index contributed by atoms with van der Waals surface area (Å²) in [6, 6.07) is 4.60. The fourth-order valence-electron chi connectivity index (χ4n) is 2.92. The molecule has 1 aliphatic rings. The first-order valence-corrected chi connectivity index (χ1v) is 7.11. The molecule has 118 valence electrons. The fraction of sp³-hybridized carbons (Fsp3) is 0.600. The van der Waals surface area contributed by atoms with Gasteiger partial charge in [-0.15, -0.1) is 0 Å². The maximum atomic E-state index is 13.7. The van der Waals surface area contributed by atoms with Crippen LogP contribution in [0.2, 0.25) is 0 Å². The molecule has 6 heteroatoms. The van der Waals surface area contributed by atoms with Gasteiger partial charge in [-0.25, -0.2) is 13.2 Å². The Kier molecular flexibility index (Phi) is 5.11. The molecule has 0 radical (unpaired) electrons. The van der Waals surface area contributed by atoms with E-state index in [0.717, 1.165) is 5.56 Å². The number of halogens is 3. The van der Waals surface area contributed by atoms with E-state index in [9.17, 15) is 13.2 Å². The van der Waals surface area contributed by atoms with Crippen LogP contribution >= 0.6 is 0 Å². The topological polar surface area (TPSA) is 47.3 Å². The van der Waals surface area contributed by atoms with Gasteiger partial charge in [-0.05, 0) is 42.9 Å². The zero-order chi connectivity index (χ0) is 15.5. The summed E-state index contributed by atoms with van der Waals surface area (Å²) in [7, 11) is 1.41. The summed E-state index contributed by atoms with van der Waals surface area (Å²) < 4.78 is 44.9. The molecule has 1 atom stereocenters. The lowest BCUT2D eigenvalue weighted by molar-refractivity contribution is -0.0495. The van der Waals surface area contributed by atoms with Crippen molar-refractivity contribution < 1.29 is 17.9 Å². The predicted molar refractivity (Wildman–Crippen MR) is 74.7 cm³/mol. The molecule has 0 aliphatic heterocycles. The molecule has 1 aromatic carbocycles. The number of hydrogen-bond donors (Lipinski definition) is 2. The Labute approximate surface area is 122 Å². The van der Waals surface area contributed by atoms with Crippen LogP contribution in [0.25, 0.3) is 0 Å². The molecule has 3 N–H and O–H groups in total. The summed E-state index contributed by atoms with van der Waals surface area (Å²) >= 11 is 0. The molecule has 0 heterocycles. The van der Waals surface area contributed by atoms with Gasteiger partial charge in [0.25, 0.3) is 0 Å². The van der Waals surface area contributed by atoms with Gasteiger partial charge in [-0.2, -0.15) is 0 Å². The molecule has 3 nitrogen and oxygen atoms in total. The van der Waals surface area contributed by atoms with Crippen LogP contribution < -0.4 is 16.0 Å². The average Bonchev–Trinajstić information content (AvgIpc) is 2.45. The second kappa shape index (κ2) is 6.66. The van der Waals surface area contributed by atoms with Crippen molar-refractivity contribution in [1.29, 1.82) is 0 Å². The normalized spacial score (nSPS) is 20.2. The third-order valence-electron chi connectivity index (χ3n) is 4.22. The first-order valence-electron chi connectivity index (χ1n) is 7.11. The number of alkyl halides is 2. The smallest absolute Gasteiger partial charge is 0.248 e. The molecule has 1 unspecified atom stereocenters. The van der Waals surface area contributed by atoms with Gasteiger partial charge in [0.05, 0.1) is 7.11 Å². The summed E-state index contributed by atoms with van der Waals surface area (Å²) in [6.07, 6.45) is 1.16. The Morgan fingerprint density at radius 3 is 2.57 bits per heavy atom. The van der Waals surface area contributed by atoms with Gasteiger partial charge >= 0.3 is 0 Å². The third-order valence-corrected chi connectivity index (χ3v) is 4.22. The van der Waals surface area contributed by atoms with Crippen LogP contribution in [0.1, 0.15) is 31.2 Å². The van der Waals surface area contributed by atoms with Crippen LogP contribution in [-0.2, 0) is 6.42 Å². The van der Waals surface area contributed by atoms with E-state index in [4.69, 9.17) is 10.6 Å². The fourth-order valence-corrected chi connectivity index (χ4v) is 2.92. The molecule has 0 bridgehead atoms. The SMILES string of the molecule is COc1ccc(CC(NN)C2CCC(F)(F)CC2)cc1F. The van der Waals surface area contributed by atoms with Crippen molar-refractivity contribution >= 4 is 0 Å². The highest BCUT2D eigenvalue weighted by molar-refractivity contribution is 5.29. The number of benzene rings is 1. The van der Waals surface area contributed by atoms with Gasteiger partial charge in [0.15, 0.2) is 11.6 Å². The molecular weight excluding hydrogens is 281 g/mol. The second-order valence-electron chi connectivity index (χ2n) is 5.64. The summed E-state index contributed by atoms with van der Waals surface area (Å²) in [6.45, 7) is 0. The zero-order valence-electron chi connectivity index (χ0n) is 12.0. The van der Waals surface area contributed by atoms with Crippen molar-refractivity contribution in [3.63, 3.8) is 0 Å². The quantitative estimate of drug-likeness (QED) is 0.649. The number of hydrogen-bond acceptors (Lipinski definition) is 3. The molecule has 0 saturated heterocycles. The van der Waals surface area contributed by atoms with E-state index in [2.05, 4.69) is 5.43 Å². The lowest BCUT2D eigenvalue weighted by Crippen LogP contribution is -2.44. The van der Waals surface area contributed by atoms with Crippen LogP contribution in [0.15, 0.2) is 18.2 Å². The Hall–Kier alpha value is -1.27. The standard InChI is InChI=1S/C15H21F3N2O/c1-21-14-3-2-10(8-12(14)16)9-13(20-19)11-4-6-15(17,18)7-5-11/h2-3,8,11,13,20H,4-7,9,19H2,1H3. The van der Waals surface area contributed by atoms with Crippen molar-refractivity contribution in [2.45, 2.75) is 44.1 Å². The lowest BCUT2D eigenvalue weighted by atomic mass is 9.80. The minimum atomic E-state index is -2.55. The summed E-state index contributed by atoms with van der Waals surface area (Å²) in [5.41, 5.74) is 3.47. The molecular formula is C15H21F3N2O. The average molecular weight is 302 g/mol. The second-order valence-corrected chi connectivity index (χ2v) is 5.64. The molecule has 1 fully saturated rings. The number of hydrazine groups is 1. The Morgan fingerprint density at radius 1 is 1.38 bits per heavy atom. The van der Waals surface area contributed by atoms with Crippen LogP contribution in [0.3, 0.4) is 0 Å². The number of ether oxygens (including phenoxy) is 1. The van der Waals surface area contributed by atoms with Crippen molar-refractivity contribution in [2.24, 2.45) is 11.8 Å². The van der Waals surface area contributed by atoms with E-state index in [1.807, 2.05) is 0 Å². The van der Waals surface area contributed by atoms with Gasteiger partial charge in [0.1, 0.15) is 0 Å². The molecule has 1 aliphatic carbocycles. The number of nitrogens with one attached hydrogen (secondary N) is 1. The first-order chi connectivity index (χ1) is 9.95. The lowest BCUT2D eigenvalue weighted by Gasteiger charge is -2.33. The van der Waals surface area contributed by atoms with Crippen LogP contribution in [0.4, 0.5) is 13.2 Å². The van der Waals surface area contributed by atoms with Gasteiger partial charge in [0, 0.05) is 18.9 Å². The number of nitrogens with two attached hydrogens (primary N) is 1. The highest BCUT2D eigenvalue weighted by Gasteiger charge is 2.37. The summed E-state index contributed by atoms with van der Waals surface area (Å²) in [5.74, 6) is 2.85. The maximum Gasteiger partial charge on any atom is 0.248 e. The Morgan fingerprint density at radius 2 is 2.05 bits per heavy atom. The van der Waals surface area contributed by atoms with Crippen molar-refractivity contribution in [3.05, 3.63) is 29.6 Å². The maximum absolute atomic E-state index is 13.7. The van der Waals surface area contributed by atoms with Gasteiger partial charge in [-0.1, -0.05) is 6.07 Å². The molecule has 2 rings (SSSR count). The van der Waals surface area contributed by atoms with Crippen LogP contribution in [0.5, 0.6) is 5.75 Å². The van der Waals surface area contributed by atoms with E-state index >= 15 is 0 Å². The predicted octanol–water partition coefficient (Wildman–Crippen LogP) is 3.03. The van der Waals surface area contributed by atoms with Crippen molar-refractivity contribution in [1.82, 2.24) is 5.43 Å². The molecule has 0 aromatic heterocycles. The van der Waals surface area contributed by atoms with E-state index in [0.29, 0.717) is 19.3 Å². The minimum Gasteiger partial charge on any atom is -0.494 e. The zero-order valence-corrected chi connectivity index (χ0v) is 12.0. The van der Waals surface area contributed by atoms with E-state index < -0.39 is 11.7 Å². The molecule has 0 spiro atoms. The van der Waals surface area contributed by atoms with Gasteiger partial charge < -0.3 is 4.74 Å². The molecule has 0 amide bonds. The minimum absolute atomic E-state index is 0.0831. The molecule has 1 saturated carbocycles. The highest BCUT2D eigenvalue weighted by Crippen LogP contribution is 2.38. The third kappa shape index (κ3) is 4.11. The van der Waals surface area contributed by atoms with Crippen molar-refractivity contribution in [3.8, 4) is 5.75 Å². The van der Waals surface area contributed by atoms with Crippen LogP contribution in [-0.4, -0.2) is 19.1 Å². The summed E-state index contributed by atoms with van der Waals surface area (Å²) in [4.78, 5) is 0. The molecule has 1 aromatic rings. The van der Waals surface area contributed by atoms with Crippen molar-refractivity contribution in [2.75, 3.05) is 7.11 Å². The highest BCUT2D eigenvalue weighted by atomic mass is 19.3. The van der Waals surface area contributed by atoms with Gasteiger partial charge in [0.2, 0.25) is 5.92 Å². The largest absolute Gasteiger partial charge is 0.494 e. The number of rotatable bonds is 5. The Bertz CT molecular complexity index is 472. The summed E-state index contributed by atoms with van der Waals surface area (Å²) in [5, 5.41) is 0. The monoisotopic (exact) mass is 302 g/mol. The number of methoxy groups -OCH3 is 1. The van der Waals surface area contributed by atoms with E-state index in [1.54, 1.807) is 12.1 Å². The van der Waals surface area contributed by atoms with Crippen LogP contribution in [0, 0.1) is 11.7 Å². The van der Waals surface area contributed by atoms with E-state index in [1.165, 1.54) is 13.2 Å².